The van der Waals surface area contributed by atoms with Crippen LogP contribution in [-0.4, -0.2) is 74.3 Å². The van der Waals surface area contributed by atoms with E-state index in [4.69, 9.17) is 0 Å². The van der Waals surface area contributed by atoms with Gasteiger partial charge in [-0.2, -0.15) is 0 Å². The van der Waals surface area contributed by atoms with Crippen LogP contribution in [0.2, 0.25) is 0 Å². The molecule has 0 amide bonds. The lowest BCUT2D eigenvalue weighted by Crippen LogP contribution is -2.46. The quantitative estimate of drug-likeness (QED) is 0.639. The summed E-state index contributed by atoms with van der Waals surface area (Å²) < 4.78 is 1.44. The standard InChI is InChI=1S/C18H24N8/c1-2-5-16(6-3-1)15-25-13-11-24(12-14-25)10-4-9-19-17-7-8-18-20-22-23-26(18)21-17/h1-3,5-8H,4,9-15H2,(H,19,21). The van der Waals surface area contributed by atoms with Crippen molar-refractivity contribution in [3.63, 3.8) is 0 Å². The van der Waals surface area contributed by atoms with Gasteiger partial charge < -0.3 is 10.2 Å². The molecule has 1 fully saturated rings. The highest BCUT2D eigenvalue weighted by Crippen LogP contribution is 2.09. The minimum atomic E-state index is 0.656. The van der Waals surface area contributed by atoms with Crippen molar-refractivity contribution in [2.45, 2.75) is 13.0 Å². The molecule has 0 saturated carbocycles. The Balaban J connectivity index is 1.15. The first-order chi connectivity index (χ1) is 12.9. The van der Waals surface area contributed by atoms with Gasteiger partial charge in [0.2, 0.25) is 0 Å². The van der Waals surface area contributed by atoms with Gasteiger partial charge in [0, 0.05) is 39.3 Å². The molecule has 1 aliphatic heterocycles. The van der Waals surface area contributed by atoms with Crippen LogP contribution in [-0.2, 0) is 6.54 Å². The highest BCUT2D eigenvalue weighted by atomic mass is 15.6. The van der Waals surface area contributed by atoms with E-state index in [2.05, 4.69) is 66.1 Å². The van der Waals surface area contributed by atoms with Crippen LogP contribution < -0.4 is 5.32 Å². The Morgan fingerprint density at radius 3 is 2.58 bits per heavy atom. The van der Waals surface area contributed by atoms with Gasteiger partial charge in [-0.05, 0) is 41.1 Å². The highest BCUT2D eigenvalue weighted by Gasteiger charge is 2.16. The molecule has 26 heavy (non-hydrogen) atoms. The molecular formula is C18H24N8. The molecule has 1 aromatic carbocycles. The molecule has 0 radical (unpaired) electrons. The Labute approximate surface area is 152 Å². The predicted octanol–water partition coefficient (Wildman–Crippen LogP) is 1.14. The molecule has 8 heteroatoms. The molecule has 136 valence electrons. The third-order valence-electron chi connectivity index (χ3n) is 4.74. The number of aromatic nitrogens is 5. The molecule has 1 N–H and O–H groups in total. The van der Waals surface area contributed by atoms with E-state index in [1.807, 2.05) is 12.1 Å². The second-order valence-electron chi connectivity index (χ2n) is 6.63. The molecule has 2 aromatic heterocycles. The van der Waals surface area contributed by atoms with Crippen molar-refractivity contribution in [2.24, 2.45) is 0 Å². The second kappa shape index (κ2) is 8.20. The molecule has 3 heterocycles. The lowest BCUT2D eigenvalue weighted by atomic mass is 10.2. The Kier molecular flexibility index (Phi) is 5.32. The molecular weight excluding hydrogens is 328 g/mol. The lowest BCUT2D eigenvalue weighted by molar-refractivity contribution is 0.127. The summed E-state index contributed by atoms with van der Waals surface area (Å²) in [7, 11) is 0. The van der Waals surface area contributed by atoms with Crippen LogP contribution >= 0.6 is 0 Å². The Bertz CT molecular complexity index is 810. The molecule has 1 aliphatic rings. The summed E-state index contributed by atoms with van der Waals surface area (Å²) in [5.41, 5.74) is 2.06. The number of nitrogens with zero attached hydrogens (tertiary/aromatic N) is 7. The number of benzene rings is 1. The number of hydrogen-bond acceptors (Lipinski definition) is 7. The third kappa shape index (κ3) is 4.33. The van der Waals surface area contributed by atoms with Gasteiger partial charge in [0.05, 0.1) is 0 Å². The number of hydrogen-bond donors (Lipinski definition) is 1. The van der Waals surface area contributed by atoms with Crippen molar-refractivity contribution in [3.8, 4) is 0 Å². The molecule has 0 atom stereocenters. The molecule has 0 aliphatic carbocycles. The van der Waals surface area contributed by atoms with Crippen molar-refractivity contribution in [1.29, 1.82) is 0 Å². The van der Waals surface area contributed by atoms with Gasteiger partial charge >= 0.3 is 0 Å². The lowest BCUT2D eigenvalue weighted by Gasteiger charge is -2.34. The summed E-state index contributed by atoms with van der Waals surface area (Å²) in [6, 6.07) is 14.5. The van der Waals surface area contributed by atoms with E-state index >= 15 is 0 Å². The Morgan fingerprint density at radius 2 is 1.73 bits per heavy atom. The van der Waals surface area contributed by atoms with E-state index in [1.54, 1.807) is 0 Å². The molecule has 0 bridgehead atoms. The molecule has 1 saturated heterocycles. The fraction of sp³-hybridized carbons (Fsp3) is 0.444. The van der Waals surface area contributed by atoms with E-state index in [-0.39, 0.29) is 0 Å². The van der Waals surface area contributed by atoms with Crippen LogP contribution in [0.3, 0.4) is 0 Å². The maximum atomic E-state index is 4.32. The minimum absolute atomic E-state index is 0.656. The summed E-state index contributed by atoms with van der Waals surface area (Å²) in [5.74, 6) is 0.803. The van der Waals surface area contributed by atoms with E-state index in [1.165, 1.54) is 10.2 Å². The van der Waals surface area contributed by atoms with Crippen LogP contribution in [0.1, 0.15) is 12.0 Å². The van der Waals surface area contributed by atoms with Gasteiger partial charge in [-0.3, -0.25) is 4.90 Å². The van der Waals surface area contributed by atoms with Gasteiger partial charge in [-0.25, -0.2) is 0 Å². The number of tetrazole rings is 1. The maximum absolute atomic E-state index is 4.32. The first kappa shape index (κ1) is 16.9. The van der Waals surface area contributed by atoms with Crippen LogP contribution in [0.4, 0.5) is 5.82 Å². The van der Waals surface area contributed by atoms with Crippen LogP contribution in [0.5, 0.6) is 0 Å². The zero-order valence-electron chi connectivity index (χ0n) is 14.8. The van der Waals surface area contributed by atoms with Crippen molar-refractivity contribution in [3.05, 3.63) is 48.0 Å². The van der Waals surface area contributed by atoms with E-state index in [0.717, 1.165) is 58.1 Å². The second-order valence-corrected chi connectivity index (χ2v) is 6.63. The van der Waals surface area contributed by atoms with E-state index < -0.39 is 0 Å². The summed E-state index contributed by atoms with van der Waals surface area (Å²) in [6.45, 7) is 7.62. The minimum Gasteiger partial charge on any atom is -0.369 e. The van der Waals surface area contributed by atoms with Gasteiger partial charge in [0.1, 0.15) is 5.82 Å². The number of nitrogens with one attached hydrogen (secondary N) is 1. The van der Waals surface area contributed by atoms with Crippen molar-refractivity contribution < 1.29 is 0 Å². The van der Waals surface area contributed by atoms with Gasteiger partial charge in [0.15, 0.2) is 5.65 Å². The average molecular weight is 352 g/mol. The topological polar surface area (TPSA) is 74.5 Å². The third-order valence-corrected chi connectivity index (χ3v) is 4.74. The number of rotatable bonds is 7. The van der Waals surface area contributed by atoms with Crippen LogP contribution in [0.25, 0.3) is 5.65 Å². The summed E-state index contributed by atoms with van der Waals surface area (Å²) in [4.78, 5) is 5.08. The summed E-state index contributed by atoms with van der Waals surface area (Å²) >= 11 is 0. The fourth-order valence-electron chi connectivity index (χ4n) is 3.28. The maximum Gasteiger partial charge on any atom is 0.200 e. The molecule has 8 nitrogen and oxygen atoms in total. The van der Waals surface area contributed by atoms with E-state index in [9.17, 15) is 0 Å². The first-order valence-corrected chi connectivity index (χ1v) is 9.15. The van der Waals surface area contributed by atoms with Crippen LogP contribution in [0, 0.1) is 0 Å². The van der Waals surface area contributed by atoms with Crippen molar-refractivity contribution in [1.82, 2.24) is 35.1 Å². The van der Waals surface area contributed by atoms with Gasteiger partial charge in [-0.1, -0.05) is 30.3 Å². The zero-order valence-corrected chi connectivity index (χ0v) is 14.8. The zero-order chi connectivity index (χ0) is 17.6. The molecule has 0 spiro atoms. The van der Waals surface area contributed by atoms with Crippen molar-refractivity contribution >= 4 is 11.5 Å². The monoisotopic (exact) mass is 352 g/mol. The van der Waals surface area contributed by atoms with Gasteiger partial charge in [-0.15, -0.1) is 14.8 Å². The van der Waals surface area contributed by atoms with Crippen molar-refractivity contribution in [2.75, 3.05) is 44.6 Å². The molecule has 3 aromatic rings. The predicted molar refractivity (Wildman–Crippen MR) is 99.8 cm³/mol. The molecule has 4 rings (SSSR count). The normalized spacial score (nSPS) is 16.2. The first-order valence-electron chi connectivity index (χ1n) is 9.15. The van der Waals surface area contributed by atoms with E-state index in [0.29, 0.717) is 5.65 Å². The smallest absolute Gasteiger partial charge is 0.200 e. The summed E-state index contributed by atoms with van der Waals surface area (Å²) in [6.07, 6.45) is 1.09. The number of piperazine rings is 1. The highest BCUT2D eigenvalue weighted by molar-refractivity contribution is 5.41. The largest absolute Gasteiger partial charge is 0.369 e. The SMILES string of the molecule is c1ccc(CN2CCN(CCCNc3ccc4nnnn4n3)CC2)cc1. The fourth-order valence-corrected chi connectivity index (χ4v) is 3.28. The Hall–Kier alpha value is -2.58. The molecule has 0 unspecified atom stereocenters. The van der Waals surface area contributed by atoms with Crippen LogP contribution in [0.15, 0.2) is 42.5 Å². The average Bonchev–Trinajstić information content (AvgIpc) is 3.15. The Morgan fingerprint density at radius 1 is 0.923 bits per heavy atom. The summed E-state index contributed by atoms with van der Waals surface area (Å²) in [5, 5.41) is 18.9. The number of anilines is 1. The van der Waals surface area contributed by atoms with Gasteiger partial charge in [0.25, 0.3) is 0 Å². The number of fused-ring (bicyclic) bond motifs is 1.